The minimum atomic E-state index is -4.61. The van der Waals surface area contributed by atoms with Crippen molar-refractivity contribution in [1.29, 1.82) is 0 Å². The Balaban J connectivity index is 2.12. The number of carbonyl (C=O) groups excluding carboxylic acids is 3. The molecule has 0 spiro atoms. The first kappa shape index (κ1) is 23.2. The maximum absolute atomic E-state index is 13.0. The number of ether oxygens (including phenoxy) is 2. The minimum Gasteiger partial charge on any atom is -0.468 e. The number of esters is 2. The fraction of sp³-hybridized carbons (Fsp3) is 0.238. The lowest BCUT2D eigenvalue weighted by molar-refractivity contribution is -0.141. The van der Waals surface area contributed by atoms with Crippen LogP contribution in [0.4, 0.5) is 13.2 Å². The summed E-state index contributed by atoms with van der Waals surface area (Å²) in [5, 5.41) is 0. The molecular weight excluding hydrogens is 449 g/mol. The van der Waals surface area contributed by atoms with Crippen molar-refractivity contribution in [2.75, 3.05) is 13.7 Å². The highest BCUT2D eigenvalue weighted by Gasteiger charge is 2.31. The van der Waals surface area contributed by atoms with Gasteiger partial charge in [0, 0.05) is 5.56 Å². The normalized spacial score (nSPS) is 12.1. The Morgan fingerprint density at radius 2 is 1.84 bits per heavy atom. The van der Waals surface area contributed by atoms with E-state index in [1.54, 1.807) is 13.0 Å². The molecule has 1 amide bonds. The summed E-state index contributed by atoms with van der Waals surface area (Å²) in [6.45, 7) is 1.57. The standard InChI is InChI=1S/C21H17F3N2O5S/c1-3-31-19(29)13-7-8-15-16(10-13)32-20(26(15)11-17(27)30-2)25-18(28)12-5-4-6-14(9-12)21(22,23)24/h4-10H,3,11H2,1-2H3. The summed E-state index contributed by atoms with van der Waals surface area (Å²) in [5.41, 5.74) is -0.476. The molecule has 0 saturated carbocycles. The van der Waals surface area contributed by atoms with E-state index in [0.717, 1.165) is 23.5 Å². The molecule has 0 fully saturated rings. The molecule has 0 atom stereocenters. The monoisotopic (exact) mass is 466 g/mol. The van der Waals surface area contributed by atoms with Gasteiger partial charge in [-0.3, -0.25) is 9.59 Å². The summed E-state index contributed by atoms with van der Waals surface area (Å²) in [7, 11) is 1.20. The van der Waals surface area contributed by atoms with E-state index in [1.807, 2.05) is 0 Å². The van der Waals surface area contributed by atoms with E-state index in [4.69, 9.17) is 4.74 Å². The fourth-order valence-electron chi connectivity index (χ4n) is 2.83. The zero-order valence-electron chi connectivity index (χ0n) is 16.9. The molecule has 0 saturated heterocycles. The van der Waals surface area contributed by atoms with E-state index in [2.05, 4.69) is 9.73 Å². The van der Waals surface area contributed by atoms with Gasteiger partial charge in [0.15, 0.2) is 4.80 Å². The number of benzene rings is 2. The van der Waals surface area contributed by atoms with Crippen molar-refractivity contribution in [3.63, 3.8) is 0 Å². The maximum atomic E-state index is 13.0. The second kappa shape index (κ2) is 9.35. The molecule has 0 radical (unpaired) electrons. The molecule has 1 aromatic heterocycles. The first-order chi connectivity index (χ1) is 15.1. The van der Waals surface area contributed by atoms with E-state index >= 15 is 0 Å². The molecule has 32 heavy (non-hydrogen) atoms. The van der Waals surface area contributed by atoms with Gasteiger partial charge in [-0.25, -0.2) is 4.79 Å². The summed E-state index contributed by atoms with van der Waals surface area (Å²) in [6, 6.07) is 8.49. The lowest BCUT2D eigenvalue weighted by Crippen LogP contribution is -2.22. The van der Waals surface area contributed by atoms with E-state index in [9.17, 15) is 27.6 Å². The van der Waals surface area contributed by atoms with Crippen LogP contribution in [-0.4, -0.2) is 36.1 Å². The van der Waals surface area contributed by atoms with Crippen molar-refractivity contribution in [2.24, 2.45) is 4.99 Å². The molecule has 11 heteroatoms. The van der Waals surface area contributed by atoms with Crippen LogP contribution in [0.25, 0.3) is 10.2 Å². The molecule has 0 aliphatic carbocycles. The predicted molar refractivity (Wildman–Crippen MR) is 109 cm³/mol. The van der Waals surface area contributed by atoms with Gasteiger partial charge in [0.2, 0.25) is 0 Å². The van der Waals surface area contributed by atoms with Crippen molar-refractivity contribution in [3.8, 4) is 0 Å². The highest BCUT2D eigenvalue weighted by molar-refractivity contribution is 7.16. The summed E-state index contributed by atoms with van der Waals surface area (Å²) in [4.78, 5) is 40.5. The molecule has 0 aliphatic heterocycles. The lowest BCUT2D eigenvalue weighted by Gasteiger charge is -2.07. The van der Waals surface area contributed by atoms with Crippen LogP contribution < -0.4 is 4.80 Å². The Bertz CT molecular complexity index is 1260. The number of fused-ring (bicyclic) bond motifs is 1. The van der Waals surface area contributed by atoms with Crippen LogP contribution in [0.5, 0.6) is 0 Å². The Morgan fingerprint density at radius 1 is 1.09 bits per heavy atom. The van der Waals surface area contributed by atoms with Crippen molar-refractivity contribution in [3.05, 3.63) is 64.0 Å². The van der Waals surface area contributed by atoms with Gasteiger partial charge in [-0.1, -0.05) is 17.4 Å². The third-order valence-electron chi connectivity index (χ3n) is 4.34. The van der Waals surface area contributed by atoms with Crippen LogP contribution in [0.2, 0.25) is 0 Å². The van der Waals surface area contributed by atoms with Gasteiger partial charge in [0.05, 0.1) is 35.1 Å². The van der Waals surface area contributed by atoms with Crippen LogP contribution in [-0.2, 0) is 27.0 Å². The Kier molecular flexibility index (Phi) is 6.78. The molecule has 3 rings (SSSR count). The van der Waals surface area contributed by atoms with Crippen molar-refractivity contribution in [2.45, 2.75) is 19.6 Å². The largest absolute Gasteiger partial charge is 0.468 e. The molecular formula is C21H17F3N2O5S. The van der Waals surface area contributed by atoms with Crippen LogP contribution >= 0.6 is 11.3 Å². The number of halogens is 3. The second-order valence-electron chi connectivity index (χ2n) is 6.45. The molecule has 7 nitrogen and oxygen atoms in total. The number of hydrogen-bond acceptors (Lipinski definition) is 6. The number of thiazole rings is 1. The summed E-state index contributed by atoms with van der Waals surface area (Å²) >= 11 is 0.996. The zero-order chi connectivity index (χ0) is 23.5. The highest BCUT2D eigenvalue weighted by Crippen LogP contribution is 2.29. The van der Waals surface area contributed by atoms with Crippen molar-refractivity contribution in [1.82, 2.24) is 4.57 Å². The fourth-order valence-corrected chi connectivity index (χ4v) is 3.89. The average molecular weight is 466 g/mol. The average Bonchev–Trinajstić information content (AvgIpc) is 3.09. The van der Waals surface area contributed by atoms with Gasteiger partial charge < -0.3 is 14.0 Å². The van der Waals surface area contributed by atoms with Gasteiger partial charge in [-0.15, -0.1) is 0 Å². The summed E-state index contributed by atoms with van der Waals surface area (Å²) < 4.78 is 50.5. The molecule has 3 aromatic rings. The molecule has 1 heterocycles. The molecule has 0 N–H and O–H groups in total. The van der Waals surface area contributed by atoms with Gasteiger partial charge in [0.1, 0.15) is 6.54 Å². The number of methoxy groups -OCH3 is 1. The maximum Gasteiger partial charge on any atom is 0.416 e. The highest BCUT2D eigenvalue weighted by atomic mass is 32.1. The number of hydrogen-bond donors (Lipinski definition) is 0. The van der Waals surface area contributed by atoms with E-state index in [0.29, 0.717) is 16.3 Å². The number of amides is 1. The third kappa shape index (κ3) is 5.05. The SMILES string of the molecule is CCOC(=O)c1ccc2c(c1)sc(=NC(=O)c1cccc(C(F)(F)F)c1)n2CC(=O)OC. The Labute approximate surface area is 183 Å². The molecule has 0 unspecified atom stereocenters. The van der Waals surface area contributed by atoms with E-state index in [-0.39, 0.29) is 29.1 Å². The van der Waals surface area contributed by atoms with E-state index in [1.165, 1.54) is 29.9 Å². The zero-order valence-corrected chi connectivity index (χ0v) is 17.7. The van der Waals surface area contributed by atoms with Gasteiger partial charge in [0.25, 0.3) is 5.91 Å². The van der Waals surface area contributed by atoms with Crippen molar-refractivity contribution < 1.29 is 37.0 Å². The molecule has 0 bridgehead atoms. The van der Waals surface area contributed by atoms with Crippen molar-refractivity contribution >= 4 is 39.4 Å². The van der Waals surface area contributed by atoms with Crippen LogP contribution in [0.3, 0.4) is 0 Å². The van der Waals surface area contributed by atoms with E-state index < -0.39 is 29.6 Å². The summed E-state index contributed by atoms with van der Waals surface area (Å²) in [6.07, 6.45) is -4.61. The minimum absolute atomic E-state index is 0.0637. The van der Waals surface area contributed by atoms with Crippen LogP contribution in [0.15, 0.2) is 47.5 Å². The molecule has 2 aromatic carbocycles. The Hall–Kier alpha value is -3.47. The van der Waals surface area contributed by atoms with Gasteiger partial charge in [-0.05, 0) is 43.3 Å². The quantitative estimate of drug-likeness (QED) is 0.534. The topological polar surface area (TPSA) is 87.0 Å². The number of rotatable bonds is 5. The second-order valence-corrected chi connectivity index (χ2v) is 7.45. The van der Waals surface area contributed by atoms with Gasteiger partial charge in [-0.2, -0.15) is 18.2 Å². The first-order valence-electron chi connectivity index (χ1n) is 9.27. The Morgan fingerprint density at radius 3 is 2.50 bits per heavy atom. The molecule has 168 valence electrons. The number of carbonyl (C=O) groups is 3. The third-order valence-corrected chi connectivity index (χ3v) is 5.38. The van der Waals surface area contributed by atoms with Crippen LogP contribution in [0, 0.1) is 0 Å². The summed E-state index contributed by atoms with van der Waals surface area (Å²) in [5.74, 6) is -2.07. The number of nitrogens with zero attached hydrogens (tertiary/aromatic N) is 2. The smallest absolute Gasteiger partial charge is 0.416 e. The predicted octanol–water partition coefficient (Wildman–Crippen LogP) is 3.81. The molecule has 0 aliphatic rings. The first-order valence-corrected chi connectivity index (χ1v) is 10.1. The lowest BCUT2D eigenvalue weighted by atomic mass is 10.1. The number of aromatic nitrogens is 1. The van der Waals surface area contributed by atoms with Gasteiger partial charge >= 0.3 is 18.1 Å². The number of alkyl halides is 3. The van der Waals surface area contributed by atoms with Crippen LogP contribution in [0.1, 0.15) is 33.2 Å².